The summed E-state index contributed by atoms with van der Waals surface area (Å²) in [5.41, 5.74) is 4.46. The van der Waals surface area contributed by atoms with Crippen LogP contribution < -0.4 is 4.90 Å². The summed E-state index contributed by atoms with van der Waals surface area (Å²) in [4.78, 5) is 31.9. The van der Waals surface area contributed by atoms with E-state index in [0.717, 1.165) is 33.6 Å². The molecule has 1 heterocycles. The number of aromatic nitrogens is 1. The van der Waals surface area contributed by atoms with Gasteiger partial charge in [0.2, 0.25) is 5.91 Å². The fraction of sp³-hybridized carbons (Fsp3) is 0.292. The summed E-state index contributed by atoms with van der Waals surface area (Å²) in [6.45, 7) is 7.97. The van der Waals surface area contributed by atoms with Gasteiger partial charge in [0, 0.05) is 0 Å². The molecule has 0 spiro atoms. The number of anilines is 1. The van der Waals surface area contributed by atoms with Crippen LogP contribution in [0.3, 0.4) is 0 Å². The summed E-state index contributed by atoms with van der Waals surface area (Å²) in [6.07, 6.45) is 0.190. The van der Waals surface area contributed by atoms with Crippen LogP contribution in [0.5, 0.6) is 0 Å². The molecule has 1 aromatic heterocycles. The maximum absolute atomic E-state index is 13.3. The van der Waals surface area contributed by atoms with E-state index >= 15 is 0 Å². The van der Waals surface area contributed by atoms with E-state index in [9.17, 15) is 14.0 Å². The lowest BCUT2D eigenvalue weighted by Gasteiger charge is -2.20. The summed E-state index contributed by atoms with van der Waals surface area (Å²) in [7, 11) is 0. The van der Waals surface area contributed by atoms with Gasteiger partial charge in [0.15, 0.2) is 5.13 Å². The van der Waals surface area contributed by atoms with Crippen molar-refractivity contribution in [2.45, 2.75) is 40.7 Å². The number of carbonyl (C=O) groups excluding carboxylic acids is 2. The Morgan fingerprint density at radius 3 is 2.35 bits per heavy atom. The highest BCUT2D eigenvalue weighted by molar-refractivity contribution is 7.17. The van der Waals surface area contributed by atoms with Crippen molar-refractivity contribution in [3.63, 3.8) is 0 Å². The lowest BCUT2D eigenvalue weighted by molar-refractivity contribution is -0.118. The molecule has 5 nitrogen and oxygen atoms in total. The first-order chi connectivity index (χ1) is 14.8. The summed E-state index contributed by atoms with van der Waals surface area (Å²) < 4.78 is 18.4. The van der Waals surface area contributed by atoms with Gasteiger partial charge in [-0.25, -0.2) is 14.2 Å². The lowest BCUT2D eigenvalue weighted by atomic mass is 10.0. The molecule has 2 aromatic carbocycles. The molecule has 162 valence electrons. The van der Waals surface area contributed by atoms with Crippen LogP contribution in [0.2, 0.25) is 0 Å². The Hall–Kier alpha value is -3.06. The molecule has 31 heavy (non-hydrogen) atoms. The highest BCUT2D eigenvalue weighted by Crippen LogP contribution is 2.29. The quantitative estimate of drug-likeness (QED) is 0.476. The number of rotatable bonds is 7. The maximum atomic E-state index is 13.3. The number of carbonyl (C=O) groups is 2. The molecule has 0 unspecified atom stereocenters. The molecule has 0 saturated carbocycles. The average Bonchev–Trinajstić information content (AvgIpc) is 3.11. The number of aryl methyl sites for hydroxylation is 3. The Balaban J connectivity index is 1.93. The van der Waals surface area contributed by atoms with Crippen LogP contribution in [-0.2, 0) is 22.5 Å². The minimum Gasteiger partial charge on any atom is -0.462 e. The van der Waals surface area contributed by atoms with Gasteiger partial charge in [-0.2, -0.15) is 0 Å². The zero-order valence-electron chi connectivity index (χ0n) is 18.1. The van der Waals surface area contributed by atoms with Gasteiger partial charge >= 0.3 is 5.97 Å². The third-order valence-corrected chi connectivity index (χ3v) is 6.12. The first kappa shape index (κ1) is 22.6. The fourth-order valence-corrected chi connectivity index (χ4v) is 4.08. The maximum Gasteiger partial charge on any atom is 0.350 e. The number of halogens is 1. The monoisotopic (exact) mass is 440 g/mol. The number of hydrogen-bond donors (Lipinski definition) is 0. The van der Waals surface area contributed by atoms with Crippen molar-refractivity contribution >= 4 is 28.3 Å². The normalized spacial score (nSPS) is 10.7. The van der Waals surface area contributed by atoms with E-state index in [0.29, 0.717) is 15.7 Å². The van der Waals surface area contributed by atoms with Gasteiger partial charge in [-0.15, -0.1) is 0 Å². The summed E-state index contributed by atoms with van der Waals surface area (Å²) >= 11 is 1.13. The molecule has 7 heteroatoms. The first-order valence-corrected chi connectivity index (χ1v) is 10.9. The molecule has 0 saturated heterocycles. The van der Waals surface area contributed by atoms with Crippen LogP contribution in [-0.4, -0.2) is 23.5 Å². The van der Waals surface area contributed by atoms with E-state index in [2.05, 4.69) is 4.98 Å². The van der Waals surface area contributed by atoms with Gasteiger partial charge < -0.3 is 4.74 Å². The molecule has 1 amide bonds. The van der Waals surface area contributed by atoms with Crippen LogP contribution in [0.1, 0.15) is 44.5 Å². The highest BCUT2D eigenvalue weighted by Gasteiger charge is 2.24. The fourth-order valence-electron chi connectivity index (χ4n) is 3.10. The SMILES string of the molecule is CCOC(=O)c1sc(N(Cc2ccc(F)cc2)C(=O)Cc2ccc(C)c(C)c2)nc1C. The van der Waals surface area contributed by atoms with E-state index in [1.807, 2.05) is 32.0 Å². The molecule has 0 radical (unpaired) electrons. The molecule has 0 fully saturated rings. The van der Waals surface area contributed by atoms with Crippen LogP contribution in [0.4, 0.5) is 9.52 Å². The van der Waals surface area contributed by atoms with Crippen molar-refractivity contribution in [3.05, 3.63) is 81.1 Å². The smallest absolute Gasteiger partial charge is 0.350 e. The molecule has 0 atom stereocenters. The number of hydrogen-bond acceptors (Lipinski definition) is 5. The van der Waals surface area contributed by atoms with E-state index in [-0.39, 0.29) is 31.3 Å². The Kier molecular flexibility index (Phi) is 7.17. The van der Waals surface area contributed by atoms with E-state index in [1.165, 1.54) is 12.1 Å². The Bertz CT molecular complexity index is 1090. The van der Waals surface area contributed by atoms with Crippen molar-refractivity contribution in [1.29, 1.82) is 0 Å². The predicted octanol–water partition coefficient (Wildman–Crippen LogP) is 5.16. The second-order valence-corrected chi connectivity index (χ2v) is 8.31. The zero-order valence-corrected chi connectivity index (χ0v) is 18.9. The summed E-state index contributed by atoms with van der Waals surface area (Å²) in [6, 6.07) is 11.9. The number of benzene rings is 2. The third kappa shape index (κ3) is 5.55. The van der Waals surface area contributed by atoms with Crippen molar-refractivity contribution in [1.82, 2.24) is 4.98 Å². The predicted molar refractivity (Wildman–Crippen MR) is 120 cm³/mol. The van der Waals surface area contributed by atoms with Crippen LogP contribution >= 0.6 is 11.3 Å². The Labute approximate surface area is 185 Å². The molecular weight excluding hydrogens is 415 g/mol. The molecule has 3 rings (SSSR count). The molecule has 0 bridgehead atoms. The number of ether oxygens (including phenoxy) is 1. The minimum absolute atomic E-state index is 0.156. The zero-order chi connectivity index (χ0) is 22.5. The van der Waals surface area contributed by atoms with E-state index in [4.69, 9.17) is 4.74 Å². The van der Waals surface area contributed by atoms with Gasteiger partial charge in [0.1, 0.15) is 10.7 Å². The van der Waals surface area contributed by atoms with Crippen molar-refractivity contribution in [3.8, 4) is 0 Å². The van der Waals surface area contributed by atoms with Gasteiger partial charge in [0.05, 0.1) is 25.3 Å². The van der Waals surface area contributed by atoms with E-state index in [1.54, 1.807) is 30.9 Å². The molecule has 0 aliphatic rings. The molecule has 0 aliphatic heterocycles. The average molecular weight is 441 g/mol. The lowest BCUT2D eigenvalue weighted by Crippen LogP contribution is -2.31. The van der Waals surface area contributed by atoms with Gasteiger partial charge in [-0.3, -0.25) is 9.69 Å². The molecule has 0 N–H and O–H groups in total. The standard InChI is InChI=1S/C24H25FN2O3S/c1-5-30-23(29)22-17(4)26-24(31-22)27(14-18-8-10-20(25)11-9-18)21(28)13-19-7-6-15(2)16(3)12-19/h6-12H,5,13-14H2,1-4H3. The summed E-state index contributed by atoms with van der Waals surface area (Å²) in [5.74, 6) is -0.949. The second kappa shape index (κ2) is 9.83. The number of amides is 1. The van der Waals surface area contributed by atoms with Crippen molar-refractivity contribution < 1.29 is 18.7 Å². The van der Waals surface area contributed by atoms with Crippen LogP contribution in [0.15, 0.2) is 42.5 Å². The van der Waals surface area contributed by atoms with Gasteiger partial charge in [0.25, 0.3) is 0 Å². The Morgan fingerprint density at radius 2 is 1.71 bits per heavy atom. The van der Waals surface area contributed by atoms with E-state index < -0.39 is 5.97 Å². The number of esters is 1. The van der Waals surface area contributed by atoms with Crippen molar-refractivity contribution in [2.75, 3.05) is 11.5 Å². The molecule has 0 aliphatic carbocycles. The number of nitrogens with zero attached hydrogens (tertiary/aromatic N) is 2. The Morgan fingerprint density at radius 1 is 1.03 bits per heavy atom. The first-order valence-electron chi connectivity index (χ1n) is 10.0. The van der Waals surface area contributed by atoms with Crippen LogP contribution in [0.25, 0.3) is 0 Å². The topological polar surface area (TPSA) is 59.5 Å². The molecule has 3 aromatic rings. The largest absolute Gasteiger partial charge is 0.462 e. The van der Waals surface area contributed by atoms with Gasteiger partial charge in [-0.05, 0) is 62.1 Å². The molecular formula is C24H25FN2O3S. The summed E-state index contributed by atoms with van der Waals surface area (Å²) in [5, 5.41) is 0.415. The number of thiazole rings is 1. The highest BCUT2D eigenvalue weighted by atomic mass is 32.1. The van der Waals surface area contributed by atoms with Gasteiger partial charge in [-0.1, -0.05) is 41.7 Å². The van der Waals surface area contributed by atoms with Crippen LogP contribution in [0, 0.1) is 26.6 Å². The third-order valence-electron chi connectivity index (χ3n) is 4.96. The van der Waals surface area contributed by atoms with Crippen molar-refractivity contribution in [2.24, 2.45) is 0 Å². The second-order valence-electron chi connectivity index (χ2n) is 7.33. The minimum atomic E-state index is -0.452.